The lowest BCUT2D eigenvalue weighted by atomic mass is 10.0. The van der Waals surface area contributed by atoms with Crippen molar-refractivity contribution in [3.8, 4) is 5.69 Å². The number of halogens is 3. The molecule has 11 nitrogen and oxygen atoms in total. The van der Waals surface area contributed by atoms with E-state index in [0.717, 1.165) is 4.90 Å². The summed E-state index contributed by atoms with van der Waals surface area (Å²) in [6, 6.07) is 10.8. The van der Waals surface area contributed by atoms with Crippen molar-refractivity contribution < 1.29 is 26.8 Å². The lowest BCUT2D eigenvalue weighted by Gasteiger charge is -2.29. The van der Waals surface area contributed by atoms with Gasteiger partial charge in [-0.15, -0.1) is 0 Å². The molecule has 0 saturated carbocycles. The van der Waals surface area contributed by atoms with Gasteiger partial charge in [-0.1, -0.05) is 55.8 Å². The number of aromatic nitrogens is 3. The second-order valence-electron chi connectivity index (χ2n) is 10.5. The molecule has 2 atom stereocenters. The van der Waals surface area contributed by atoms with Crippen molar-refractivity contribution in [2.24, 2.45) is 5.92 Å². The highest BCUT2D eigenvalue weighted by Crippen LogP contribution is 2.33. The van der Waals surface area contributed by atoms with Crippen LogP contribution in [0.2, 0.25) is 5.02 Å². The Morgan fingerprint density at radius 1 is 1.14 bits per heavy atom. The number of alkyl halides is 2. The molecule has 3 aromatic rings. The van der Waals surface area contributed by atoms with Crippen LogP contribution in [0.15, 0.2) is 61.2 Å². The predicted molar refractivity (Wildman–Crippen MR) is 152 cm³/mol. The molecule has 226 valence electrons. The minimum absolute atomic E-state index is 0.0330. The number of carbonyl (C=O) groups is 2. The van der Waals surface area contributed by atoms with Crippen LogP contribution < -0.4 is 14.8 Å². The summed E-state index contributed by atoms with van der Waals surface area (Å²) in [5, 5.41) is 7.08. The summed E-state index contributed by atoms with van der Waals surface area (Å²) < 4.78 is 61.1. The molecule has 15 heteroatoms. The highest BCUT2D eigenvalue weighted by Gasteiger charge is 2.51. The SMILES string of the molecule is CC(C)C[C@H](NS(=O)(=O)NCc1ccccc1)C(=O)N1CC(F)(F)C[C@H]1C(=O)NCc1cc(Cl)ccc1-n1cncn1. The second-order valence-corrected chi connectivity index (χ2v) is 12.5. The monoisotopic (exact) mass is 623 g/mol. The van der Waals surface area contributed by atoms with Gasteiger partial charge in [-0.3, -0.25) is 9.59 Å². The number of hydrogen-bond donors (Lipinski definition) is 3. The zero-order chi connectivity index (χ0) is 30.5. The van der Waals surface area contributed by atoms with E-state index < -0.39 is 53.0 Å². The predicted octanol–water partition coefficient (Wildman–Crippen LogP) is 2.81. The van der Waals surface area contributed by atoms with Crippen LogP contribution in [0.25, 0.3) is 5.69 Å². The van der Waals surface area contributed by atoms with Crippen molar-refractivity contribution >= 4 is 33.6 Å². The minimum atomic E-state index is -4.20. The molecule has 1 aromatic heterocycles. The van der Waals surface area contributed by atoms with Gasteiger partial charge in [0.15, 0.2) is 0 Å². The maximum Gasteiger partial charge on any atom is 0.277 e. The van der Waals surface area contributed by atoms with Gasteiger partial charge in [0, 0.05) is 24.5 Å². The van der Waals surface area contributed by atoms with Gasteiger partial charge in [-0.05, 0) is 41.7 Å². The zero-order valence-electron chi connectivity index (χ0n) is 23.0. The van der Waals surface area contributed by atoms with E-state index in [4.69, 9.17) is 11.6 Å². The first-order valence-electron chi connectivity index (χ1n) is 13.2. The fourth-order valence-electron chi connectivity index (χ4n) is 4.71. The van der Waals surface area contributed by atoms with E-state index in [0.29, 0.717) is 21.8 Å². The Kier molecular flexibility index (Phi) is 9.92. The van der Waals surface area contributed by atoms with E-state index in [1.165, 1.54) is 17.3 Å². The van der Waals surface area contributed by atoms with Crippen molar-refractivity contribution in [1.82, 2.24) is 34.4 Å². The first kappa shape index (κ1) is 31.5. The van der Waals surface area contributed by atoms with Gasteiger partial charge in [0.2, 0.25) is 11.8 Å². The Morgan fingerprint density at radius 3 is 2.55 bits per heavy atom. The van der Waals surface area contributed by atoms with Gasteiger partial charge in [0.05, 0.1) is 12.2 Å². The molecule has 0 radical (unpaired) electrons. The summed E-state index contributed by atoms with van der Waals surface area (Å²) in [5.74, 6) is -5.22. The van der Waals surface area contributed by atoms with Crippen molar-refractivity contribution in [3.05, 3.63) is 77.3 Å². The number of carbonyl (C=O) groups excluding carboxylic acids is 2. The Bertz CT molecular complexity index is 1490. The molecule has 42 heavy (non-hydrogen) atoms. The molecule has 0 unspecified atom stereocenters. The van der Waals surface area contributed by atoms with Crippen LogP contribution in [0, 0.1) is 5.92 Å². The minimum Gasteiger partial charge on any atom is -0.350 e. The molecule has 2 heterocycles. The van der Waals surface area contributed by atoms with Crippen LogP contribution in [0.1, 0.15) is 37.8 Å². The van der Waals surface area contributed by atoms with Gasteiger partial charge in [0.25, 0.3) is 16.1 Å². The summed E-state index contributed by atoms with van der Waals surface area (Å²) in [4.78, 5) is 31.5. The van der Waals surface area contributed by atoms with E-state index >= 15 is 0 Å². The third kappa shape index (κ3) is 8.31. The van der Waals surface area contributed by atoms with Crippen molar-refractivity contribution in [2.75, 3.05) is 6.54 Å². The summed E-state index contributed by atoms with van der Waals surface area (Å²) in [6.07, 6.45) is 1.92. The number of hydrogen-bond acceptors (Lipinski definition) is 6. The van der Waals surface area contributed by atoms with E-state index in [9.17, 15) is 26.8 Å². The average Bonchev–Trinajstić information content (AvgIpc) is 3.58. The van der Waals surface area contributed by atoms with Crippen LogP contribution in [-0.2, 0) is 32.9 Å². The molecule has 0 bridgehead atoms. The van der Waals surface area contributed by atoms with Gasteiger partial charge < -0.3 is 10.2 Å². The summed E-state index contributed by atoms with van der Waals surface area (Å²) >= 11 is 6.14. The normalized spacial score (nSPS) is 17.4. The molecule has 1 fully saturated rings. The molecular weight excluding hydrogens is 592 g/mol. The van der Waals surface area contributed by atoms with Crippen molar-refractivity contribution in [2.45, 2.75) is 57.8 Å². The molecule has 3 N–H and O–H groups in total. The van der Waals surface area contributed by atoms with Crippen LogP contribution in [-0.4, -0.2) is 64.4 Å². The van der Waals surface area contributed by atoms with Gasteiger partial charge in [0.1, 0.15) is 24.7 Å². The lowest BCUT2D eigenvalue weighted by molar-refractivity contribution is -0.140. The first-order chi connectivity index (χ1) is 19.8. The number of benzene rings is 2. The maximum absolute atomic E-state index is 14.6. The van der Waals surface area contributed by atoms with Crippen molar-refractivity contribution in [3.63, 3.8) is 0 Å². The Balaban J connectivity index is 1.49. The van der Waals surface area contributed by atoms with E-state index in [-0.39, 0.29) is 25.4 Å². The fraction of sp³-hybridized carbons (Fsp3) is 0.407. The quantitative estimate of drug-likeness (QED) is 0.284. The Hall–Kier alpha value is -3.46. The standard InChI is InChI=1S/C27H32ClF2N7O4S/c1-18(2)10-22(35-42(40,41)34-13-19-6-4-3-5-7-19)26(39)36-15-27(29,30)12-24(36)25(38)32-14-20-11-21(28)8-9-23(20)37-17-31-16-33-37/h3-9,11,16-18,22,24,34-35H,10,12-15H2,1-2H3,(H,32,38)/t22-,24-/m0/s1. The lowest BCUT2D eigenvalue weighted by Crippen LogP contribution is -2.55. The Labute approximate surface area is 247 Å². The van der Waals surface area contributed by atoms with E-state index in [1.807, 2.05) is 0 Å². The van der Waals surface area contributed by atoms with Crippen LogP contribution >= 0.6 is 11.6 Å². The summed E-state index contributed by atoms with van der Waals surface area (Å²) in [6.45, 7) is 2.40. The molecule has 1 aliphatic heterocycles. The second kappa shape index (κ2) is 13.2. The molecule has 4 rings (SSSR count). The highest BCUT2D eigenvalue weighted by atomic mass is 35.5. The molecular formula is C27H32ClF2N7O4S. The highest BCUT2D eigenvalue weighted by molar-refractivity contribution is 7.87. The number of likely N-dealkylation sites (tertiary alicyclic amines) is 1. The van der Waals surface area contributed by atoms with Gasteiger partial charge >= 0.3 is 0 Å². The summed E-state index contributed by atoms with van der Waals surface area (Å²) in [5.41, 5.74) is 1.80. The van der Waals surface area contributed by atoms with E-state index in [2.05, 4.69) is 24.8 Å². The number of nitrogens with zero attached hydrogens (tertiary/aromatic N) is 4. The third-order valence-corrected chi connectivity index (χ3v) is 7.98. The number of amides is 2. The zero-order valence-corrected chi connectivity index (χ0v) is 24.6. The van der Waals surface area contributed by atoms with Gasteiger partial charge in [-0.25, -0.2) is 18.4 Å². The number of nitrogens with one attached hydrogen (secondary N) is 3. The first-order valence-corrected chi connectivity index (χ1v) is 15.1. The summed E-state index contributed by atoms with van der Waals surface area (Å²) in [7, 11) is -4.20. The van der Waals surface area contributed by atoms with E-state index in [1.54, 1.807) is 62.4 Å². The Morgan fingerprint density at radius 2 is 1.88 bits per heavy atom. The topological polar surface area (TPSA) is 138 Å². The third-order valence-electron chi connectivity index (χ3n) is 6.63. The molecule has 0 aliphatic carbocycles. The molecule has 1 aliphatic rings. The van der Waals surface area contributed by atoms with Crippen molar-refractivity contribution in [1.29, 1.82) is 0 Å². The molecule has 1 saturated heterocycles. The average molecular weight is 624 g/mol. The molecule has 0 spiro atoms. The van der Waals surface area contributed by atoms with Crippen LogP contribution in [0.3, 0.4) is 0 Å². The molecule has 2 amide bonds. The smallest absolute Gasteiger partial charge is 0.277 e. The maximum atomic E-state index is 14.6. The molecule has 2 aromatic carbocycles. The fourth-order valence-corrected chi connectivity index (χ4v) is 5.92. The van der Waals surface area contributed by atoms with Crippen LogP contribution in [0.5, 0.6) is 0 Å². The van der Waals surface area contributed by atoms with Gasteiger partial charge in [-0.2, -0.15) is 23.0 Å². The largest absolute Gasteiger partial charge is 0.350 e. The number of rotatable bonds is 12. The van der Waals surface area contributed by atoms with Crippen LogP contribution in [0.4, 0.5) is 8.78 Å².